The van der Waals surface area contributed by atoms with E-state index in [1.165, 1.54) is 0 Å². The summed E-state index contributed by atoms with van der Waals surface area (Å²) in [6.45, 7) is 2.00. The molecule has 96 valence electrons. The summed E-state index contributed by atoms with van der Waals surface area (Å²) in [5.41, 5.74) is -1.09. The monoisotopic (exact) mass is 256 g/mol. The predicted octanol–water partition coefficient (Wildman–Crippen LogP) is 3.32. The molecule has 0 aliphatic heterocycles. The SMILES string of the molecule is CC/C=C/COc1nc(C(F)(F)F)ccc1C#N. The van der Waals surface area contributed by atoms with E-state index >= 15 is 0 Å². The van der Waals surface area contributed by atoms with Crippen LogP contribution in [0.5, 0.6) is 5.88 Å². The molecule has 3 nitrogen and oxygen atoms in total. The number of nitriles is 1. The number of halogens is 3. The number of allylic oxidation sites excluding steroid dienone is 1. The molecule has 0 spiro atoms. The Kier molecular flexibility index (Phi) is 4.72. The maximum Gasteiger partial charge on any atom is 0.433 e. The van der Waals surface area contributed by atoms with Crippen molar-refractivity contribution >= 4 is 0 Å². The van der Waals surface area contributed by atoms with Crippen molar-refractivity contribution in [3.63, 3.8) is 0 Å². The van der Waals surface area contributed by atoms with Crippen LogP contribution in [0.25, 0.3) is 0 Å². The minimum absolute atomic E-state index is 0.0205. The summed E-state index contributed by atoms with van der Waals surface area (Å²) in [5.74, 6) is -0.298. The van der Waals surface area contributed by atoms with Gasteiger partial charge in [0.25, 0.3) is 0 Å². The molecule has 1 heterocycles. The Labute approximate surface area is 103 Å². The molecule has 18 heavy (non-hydrogen) atoms. The molecule has 1 aromatic rings. The summed E-state index contributed by atoms with van der Waals surface area (Å²) in [6.07, 6.45) is -0.293. The number of aromatic nitrogens is 1. The zero-order chi connectivity index (χ0) is 13.6. The van der Waals surface area contributed by atoms with E-state index in [0.29, 0.717) is 0 Å². The van der Waals surface area contributed by atoms with Crippen LogP contribution in [-0.2, 0) is 6.18 Å². The van der Waals surface area contributed by atoms with E-state index in [1.54, 1.807) is 18.2 Å². The van der Waals surface area contributed by atoms with Crippen molar-refractivity contribution in [2.24, 2.45) is 0 Å². The summed E-state index contributed by atoms with van der Waals surface area (Å²) < 4.78 is 42.3. The highest BCUT2D eigenvalue weighted by atomic mass is 19.4. The Hall–Kier alpha value is -2.03. The lowest BCUT2D eigenvalue weighted by Gasteiger charge is -2.09. The van der Waals surface area contributed by atoms with Crippen LogP contribution in [-0.4, -0.2) is 11.6 Å². The van der Waals surface area contributed by atoms with E-state index in [-0.39, 0.29) is 18.1 Å². The van der Waals surface area contributed by atoms with Crippen LogP contribution in [0.15, 0.2) is 24.3 Å². The van der Waals surface area contributed by atoms with Gasteiger partial charge in [-0.05, 0) is 18.6 Å². The first-order chi connectivity index (χ1) is 8.49. The summed E-state index contributed by atoms with van der Waals surface area (Å²) >= 11 is 0. The molecule has 0 aliphatic carbocycles. The van der Waals surface area contributed by atoms with Crippen LogP contribution in [0.4, 0.5) is 13.2 Å². The number of pyridine rings is 1. The molecular weight excluding hydrogens is 245 g/mol. The number of hydrogen-bond donors (Lipinski definition) is 0. The molecule has 0 radical (unpaired) electrons. The van der Waals surface area contributed by atoms with Gasteiger partial charge in [-0.1, -0.05) is 19.1 Å². The smallest absolute Gasteiger partial charge is 0.433 e. The van der Waals surface area contributed by atoms with Gasteiger partial charge in [-0.3, -0.25) is 0 Å². The first-order valence-electron chi connectivity index (χ1n) is 5.25. The minimum atomic E-state index is -4.55. The maximum absolute atomic E-state index is 12.4. The standard InChI is InChI=1S/C12H11F3N2O/c1-2-3-4-7-18-11-9(8-16)5-6-10(17-11)12(13,14)15/h3-6H,2,7H2,1H3/b4-3+. The van der Waals surface area contributed by atoms with Gasteiger partial charge in [0, 0.05) is 0 Å². The molecule has 0 fully saturated rings. The number of hydrogen-bond acceptors (Lipinski definition) is 3. The molecule has 0 saturated heterocycles. The van der Waals surface area contributed by atoms with Gasteiger partial charge in [0.05, 0.1) is 0 Å². The second-order valence-electron chi connectivity index (χ2n) is 3.35. The predicted molar refractivity (Wildman–Crippen MR) is 58.9 cm³/mol. The van der Waals surface area contributed by atoms with Gasteiger partial charge < -0.3 is 4.74 Å². The number of rotatable bonds is 4. The van der Waals surface area contributed by atoms with Gasteiger partial charge in [0.1, 0.15) is 23.9 Å². The van der Waals surface area contributed by atoms with Crippen molar-refractivity contribution in [3.8, 4) is 11.9 Å². The van der Waals surface area contributed by atoms with Crippen molar-refractivity contribution in [2.45, 2.75) is 19.5 Å². The Morgan fingerprint density at radius 1 is 1.39 bits per heavy atom. The average Bonchev–Trinajstić information content (AvgIpc) is 2.33. The molecule has 0 unspecified atom stereocenters. The van der Waals surface area contributed by atoms with Crippen LogP contribution >= 0.6 is 0 Å². The molecule has 0 amide bonds. The van der Waals surface area contributed by atoms with Gasteiger partial charge >= 0.3 is 6.18 Å². The Bertz CT molecular complexity index is 475. The van der Waals surface area contributed by atoms with Crippen LogP contribution in [0.3, 0.4) is 0 Å². The number of ether oxygens (including phenoxy) is 1. The largest absolute Gasteiger partial charge is 0.472 e. The van der Waals surface area contributed by atoms with Gasteiger partial charge in [0.2, 0.25) is 5.88 Å². The van der Waals surface area contributed by atoms with Crippen molar-refractivity contribution in [2.75, 3.05) is 6.61 Å². The second kappa shape index (κ2) is 6.05. The van der Waals surface area contributed by atoms with Crippen LogP contribution in [0, 0.1) is 11.3 Å². The molecule has 0 aromatic carbocycles. The van der Waals surface area contributed by atoms with Gasteiger partial charge in [-0.2, -0.15) is 18.4 Å². The highest BCUT2D eigenvalue weighted by molar-refractivity contribution is 5.39. The van der Waals surface area contributed by atoms with Crippen LogP contribution < -0.4 is 4.74 Å². The third-order valence-electron chi connectivity index (χ3n) is 1.99. The third-order valence-corrected chi connectivity index (χ3v) is 1.99. The number of nitrogens with zero attached hydrogens (tertiary/aromatic N) is 2. The second-order valence-corrected chi connectivity index (χ2v) is 3.35. The topological polar surface area (TPSA) is 45.9 Å². The quantitative estimate of drug-likeness (QED) is 0.776. The first-order valence-corrected chi connectivity index (χ1v) is 5.25. The highest BCUT2D eigenvalue weighted by Crippen LogP contribution is 2.29. The normalized spacial score (nSPS) is 11.5. The Balaban J connectivity index is 2.93. The van der Waals surface area contributed by atoms with Crippen LogP contribution in [0.2, 0.25) is 0 Å². The Morgan fingerprint density at radius 2 is 2.11 bits per heavy atom. The van der Waals surface area contributed by atoms with Crippen molar-refractivity contribution in [1.29, 1.82) is 5.26 Å². The minimum Gasteiger partial charge on any atom is -0.472 e. The fourth-order valence-electron chi connectivity index (χ4n) is 1.16. The van der Waals surface area contributed by atoms with E-state index < -0.39 is 11.9 Å². The summed E-state index contributed by atoms with van der Waals surface area (Å²) in [4.78, 5) is 3.31. The lowest BCUT2D eigenvalue weighted by atomic mass is 10.2. The number of alkyl halides is 3. The van der Waals surface area contributed by atoms with Crippen molar-refractivity contribution in [1.82, 2.24) is 4.98 Å². The average molecular weight is 256 g/mol. The molecule has 0 N–H and O–H groups in total. The van der Waals surface area contributed by atoms with E-state index in [0.717, 1.165) is 18.6 Å². The van der Waals surface area contributed by atoms with Crippen LogP contribution in [0.1, 0.15) is 24.6 Å². The van der Waals surface area contributed by atoms with Crippen molar-refractivity contribution < 1.29 is 17.9 Å². The van der Waals surface area contributed by atoms with E-state index in [1.807, 2.05) is 6.92 Å². The molecule has 0 atom stereocenters. The lowest BCUT2D eigenvalue weighted by Crippen LogP contribution is -2.10. The highest BCUT2D eigenvalue weighted by Gasteiger charge is 2.33. The molecule has 0 saturated carbocycles. The molecule has 1 aromatic heterocycles. The molecule has 1 rings (SSSR count). The van der Waals surface area contributed by atoms with Gasteiger partial charge in [-0.25, -0.2) is 4.98 Å². The molecule has 6 heteroatoms. The molecule has 0 aliphatic rings. The third kappa shape index (κ3) is 3.77. The fourth-order valence-corrected chi connectivity index (χ4v) is 1.16. The zero-order valence-corrected chi connectivity index (χ0v) is 9.66. The van der Waals surface area contributed by atoms with Gasteiger partial charge in [-0.15, -0.1) is 0 Å². The Morgan fingerprint density at radius 3 is 2.67 bits per heavy atom. The van der Waals surface area contributed by atoms with E-state index in [4.69, 9.17) is 10.00 Å². The summed E-state index contributed by atoms with van der Waals surface area (Å²) in [6, 6.07) is 3.54. The summed E-state index contributed by atoms with van der Waals surface area (Å²) in [7, 11) is 0. The first kappa shape index (κ1) is 14.0. The maximum atomic E-state index is 12.4. The molecule has 0 bridgehead atoms. The summed E-state index contributed by atoms with van der Waals surface area (Å²) in [5, 5.41) is 8.75. The zero-order valence-electron chi connectivity index (χ0n) is 9.66. The molecular formula is C12H11F3N2O. The van der Waals surface area contributed by atoms with Crippen molar-refractivity contribution in [3.05, 3.63) is 35.5 Å². The van der Waals surface area contributed by atoms with Gasteiger partial charge in [0.15, 0.2) is 0 Å². The fraction of sp³-hybridized carbons (Fsp3) is 0.333. The lowest BCUT2D eigenvalue weighted by molar-refractivity contribution is -0.141. The van der Waals surface area contributed by atoms with E-state index in [9.17, 15) is 13.2 Å². The van der Waals surface area contributed by atoms with E-state index in [2.05, 4.69) is 4.98 Å².